The summed E-state index contributed by atoms with van der Waals surface area (Å²) >= 11 is 1.67. The third kappa shape index (κ3) is 2.70. The van der Waals surface area contributed by atoms with Gasteiger partial charge in [-0.1, -0.05) is 6.07 Å². The van der Waals surface area contributed by atoms with Gasteiger partial charge in [0.25, 0.3) is 0 Å². The number of nitrogens with one attached hydrogen (secondary N) is 1. The second kappa shape index (κ2) is 4.55. The number of aromatic nitrogens is 2. The molecule has 2 aromatic rings. The molecule has 3 nitrogen and oxygen atoms in total. The number of thiazole rings is 1. The smallest absolute Gasteiger partial charge is 0.142 e. The quantitative estimate of drug-likeness (QED) is 0.900. The molecule has 0 spiro atoms. The molecule has 0 aromatic carbocycles. The first-order valence-electron chi connectivity index (χ1n) is 5.92. The molecule has 2 aromatic heterocycles. The minimum atomic E-state index is 0.734. The van der Waals surface area contributed by atoms with Crippen LogP contribution in [0.4, 0.5) is 0 Å². The Labute approximate surface area is 105 Å². The van der Waals surface area contributed by atoms with Gasteiger partial charge in [0.2, 0.25) is 0 Å². The van der Waals surface area contributed by atoms with Crippen LogP contribution in [0.5, 0.6) is 0 Å². The summed E-state index contributed by atoms with van der Waals surface area (Å²) in [5.41, 5.74) is 3.28. The van der Waals surface area contributed by atoms with Gasteiger partial charge in [0, 0.05) is 24.2 Å². The Morgan fingerprint density at radius 2 is 2.29 bits per heavy atom. The average Bonchev–Trinajstić information content (AvgIpc) is 3.06. The fourth-order valence-electron chi connectivity index (χ4n) is 1.64. The Balaban J connectivity index is 1.72. The molecule has 1 saturated carbocycles. The maximum Gasteiger partial charge on any atom is 0.142 e. The molecule has 1 aliphatic carbocycles. The van der Waals surface area contributed by atoms with Crippen LogP contribution in [0.2, 0.25) is 0 Å². The molecule has 0 saturated heterocycles. The summed E-state index contributed by atoms with van der Waals surface area (Å²) in [5.74, 6) is 0. The lowest BCUT2D eigenvalue weighted by atomic mass is 10.3. The Morgan fingerprint density at radius 3 is 3.00 bits per heavy atom. The van der Waals surface area contributed by atoms with E-state index in [1.54, 1.807) is 11.3 Å². The molecule has 0 atom stereocenters. The normalized spacial score (nSPS) is 15.1. The largest absolute Gasteiger partial charge is 0.308 e. The van der Waals surface area contributed by atoms with Gasteiger partial charge >= 0.3 is 0 Å². The molecule has 0 radical (unpaired) electrons. The summed E-state index contributed by atoms with van der Waals surface area (Å²) in [7, 11) is 0. The first kappa shape index (κ1) is 10.9. The van der Waals surface area contributed by atoms with Gasteiger partial charge in [0.05, 0.1) is 11.4 Å². The van der Waals surface area contributed by atoms with Crippen LogP contribution in [0.15, 0.2) is 23.7 Å². The first-order valence-corrected chi connectivity index (χ1v) is 6.80. The number of rotatable bonds is 4. The molecular weight excluding hydrogens is 230 g/mol. The van der Waals surface area contributed by atoms with E-state index in [2.05, 4.69) is 26.7 Å². The van der Waals surface area contributed by atoms with Gasteiger partial charge in [-0.3, -0.25) is 4.98 Å². The second-order valence-corrected chi connectivity index (χ2v) is 5.38. The molecule has 88 valence electrons. The summed E-state index contributed by atoms with van der Waals surface area (Å²) in [5, 5.41) is 6.60. The van der Waals surface area contributed by atoms with Gasteiger partial charge in [-0.05, 0) is 31.4 Å². The van der Waals surface area contributed by atoms with Crippen molar-refractivity contribution < 1.29 is 0 Å². The number of aryl methyl sites for hydroxylation is 1. The molecule has 17 heavy (non-hydrogen) atoms. The van der Waals surface area contributed by atoms with Crippen LogP contribution < -0.4 is 5.32 Å². The molecule has 0 amide bonds. The van der Waals surface area contributed by atoms with Crippen LogP contribution in [0, 0.1) is 6.92 Å². The summed E-state index contributed by atoms with van der Waals surface area (Å²) in [6.07, 6.45) is 4.52. The van der Waals surface area contributed by atoms with Crippen molar-refractivity contribution >= 4 is 11.3 Å². The van der Waals surface area contributed by atoms with Gasteiger partial charge in [0.15, 0.2) is 0 Å². The van der Waals surface area contributed by atoms with Gasteiger partial charge in [-0.25, -0.2) is 4.98 Å². The van der Waals surface area contributed by atoms with Crippen molar-refractivity contribution in [3.05, 3.63) is 35.0 Å². The van der Waals surface area contributed by atoms with Crippen LogP contribution in [-0.4, -0.2) is 16.0 Å². The Kier molecular flexibility index (Phi) is 2.91. The van der Waals surface area contributed by atoms with E-state index in [1.807, 2.05) is 19.2 Å². The highest BCUT2D eigenvalue weighted by molar-refractivity contribution is 7.13. The zero-order valence-corrected chi connectivity index (χ0v) is 10.6. The highest BCUT2D eigenvalue weighted by Gasteiger charge is 2.20. The number of hydrogen-bond donors (Lipinski definition) is 1. The Hall–Kier alpha value is -1.26. The molecule has 4 heteroatoms. The van der Waals surface area contributed by atoms with E-state index >= 15 is 0 Å². The van der Waals surface area contributed by atoms with E-state index in [9.17, 15) is 0 Å². The van der Waals surface area contributed by atoms with Crippen molar-refractivity contribution in [1.82, 2.24) is 15.3 Å². The number of hydrogen-bond acceptors (Lipinski definition) is 4. The monoisotopic (exact) mass is 245 g/mol. The van der Waals surface area contributed by atoms with Crippen LogP contribution in [0.1, 0.15) is 24.1 Å². The standard InChI is InChI=1S/C13H15N3S/c1-9-2-5-12(15-6-9)13-16-11(8-17-13)7-14-10-3-4-10/h2,5-6,8,10,14H,3-4,7H2,1H3. The third-order valence-electron chi connectivity index (χ3n) is 2.83. The topological polar surface area (TPSA) is 37.8 Å². The lowest BCUT2D eigenvalue weighted by Gasteiger charge is -1.98. The molecule has 1 N–H and O–H groups in total. The first-order chi connectivity index (χ1) is 8.31. The van der Waals surface area contributed by atoms with Gasteiger partial charge in [-0.15, -0.1) is 11.3 Å². The maximum absolute atomic E-state index is 4.60. The zero-order chi connectivity index (χ0) is 11.7. The van der Waals surface area contributed by atoms with Crippen molar-refractivity contribution in [1.29, 1.82) is 0 Å². The van der Waals surface area contributed by atoms with Crippen LogP contribution >= 0.6 is 11.3 Å². The minimum absolute atomic E-state index is 0.734. The predicted molar refractivity (Wildman–Crippen MR) is 69.9 cm³/mol. The number of nitrogens with zero attached hydrogens (tertiary/aromatic N) is 2. The lowest BCUT2D eigenvalue weighted by molar-refractivity contribution is 0.678. The average molecular weight is 245 g/mol. The van der Waals surface area contributed by atoms with E-state index in [0.717, 1.165) is 29.0 Å². The minimum Gasteiger partial charge on any atom is -0.308 e. The molecule has 1 fully saturated rings. The van der Waals surface area contributed by atoms with E-state index in [0.29, 0.717) is 0 Å². The van der Waals surface area contributed by atoms with Crippen molar-refractivity contribution in [2.75, 3.05) is 0 Å². The SMILES string of the molecule is Cc1ccc(-c2nc(CNC3CC3)cs2)nc1. The Morgan fingerprint density at radius 1 is 1.41 bits per heavy atom. The van der Waals surface area contributed by atoms with Gasteiger partial charge in [0.1, 0.15) is 5.01 Å². The fourth-order valence-corrected chi connectivity index (χ4v) is 2.43. The van der Waals surface area contributed by atoms with E-state index < -0.39 is 0 Å². The van der Waals surface area contributed by atoms with Gasteiger partial charge in [-0.2, -0.15) is 0 Å². The van der Waals surface area contributed by atoms with Crippen molar-refractivity contribution in [3.8, 4) is 10.7 Å². The predicted octanol–water partition coefficient (Wildman–Crippen LogP) is 2.77. The zero-order valence-electron chi connectivity index (χ0n) is 9.81. The van der Waals surface area contributed by atoms with Crippen molar-refractivity contribution in [3.63, 3.8) is 0 Å². The molecule has 1 aliphatic rings. The molecule has 0 unspecified atom stereocenters. The molecule has 3 rings (SSSR count). The maximum atomic E-state index is 4.60. The van der Waals surface area contributed by atoms with Crippen molar-refractivity contribution in [2.45, 2.75) is 32.4 Å². The van der Waals surface area contributed by atoms with E-state index in [1.165, 1.54) is 18.4 Å². The molecule has 2 heterocycles. The third-order valence-corrected chi connectivity index (χ3v) is 3.75. The van der Waals surface area contributed by atoms with Crippen molar-refractivity contribution in [2.24, 2.45) is 0 Å². The number of pyridine rings is 1. The van der Waals surface area contributed by atoms with Crippen LogP contribution in [0.3, 0.4) is 0 Å². The highest BCUT2D eigenvalue weighted by atomic mass is 32.1. The van der Waals surface area contributed by atoms with Gasteiger partial charge < -0.3 is 5.32 Å². The summed E-state index contributed by atoms with van der Waals surface area (Å²) in [4.78, 5) is 9.00. The molecule has 0 bridgehead atoms. The van der Waals surface area contributed by atoms with E-state index in [-0.39, 0.29) is 0 Å². The second-order valence-electron chi connectivity index (χ2n) is 4.52. The Bertz CT molecular complexity index is 500. The summed E-state index contributed by atoms with van der Waals surface area (Å²) in [6.45, 7) is 2.93. The fraction of sp³-hybridized carbons (Fsp3) is 0.385. The highest BCUT2D eigenvalue weighted by Crippen LogP contribution is 2.23. The summed E-state index contributed by atoms with van der Waals surface area (Å²) < 4.78 is 0. The molecule has 0 aliphatic heterocycles. The molecular formula is C13H15N3S. The summed E-state index contributed by atoms with van der Waals surface area (Å²) in [6, 6.07) is 4.84. The van der Waals surface area contributed by atoms with Crippen LogP contribution in [-0.2, 0) is 6.54 Å². The lowest BCUT2D eigenvalue weighted by Crippen LogP contribution is -2.15. The van der Waals surface area contributed by atoms with Crippen LogP contribution in [0.25, 0.3) is 10.7 Å². The van der Waals surface area contributed by atoms with E-state index in [4.69, 9.17) is 0 Å².